The number of carbonyl (C=O) groups is 3. The fraction of sp³-hybridized carbons (Fsp3) is 0.160. The van der Waals surface area contributed by atoms with Crippen LogP contribution in [0.4, 0.5) is 4.39 Å². The number of halogens is 1. The molecular formula is C25H22FN5O5. The number of H-pyrrole nitrogens is 1. The summed E-state index contributed by atoms with van der Waals surface area (Å²) in [5.41, 5.74) is 1.16. The molecule has 2 heterocycles. The third-order valence-electron chi connectivity index (χ3n) is 5.65. The van der Waals surface area contributed by atoms with Gasteiger partial charge >= 0.3 is 11.7 Å². The molecule has 2 amide bonds. The van der Waals surface area contributed by atoms with Gasteiger partial charge in [0.2, 0.25) is 0 Å². The van der Waals surface area contributed by atoms with Crippen LogP contribution in [0.25, 0.3) is 5.65 Å². The third-order valence-corrected chi connectivity index (χ3v) is 5.65. The zero-order valence-electron chi connectivity index (χ0n) is 19.3. The highest BCUT2D eigenvalue weighted by atomic mass is 19.1. The highest BCUT2D eigenvalue weighted by Gasteiger charge is 2.20. The summed E-state index contributed by atoms with van der Waals surface area (Å²) in [6.07, 6.45) is 1.28. The Labute approximate surface area is 203 Å². The van der Waals surface area contributed by atoms with Crippen molar-refractivity contribution in [2.75, 3.05) is 0 Å². The predicted molar refractivity (Wildman–Crippen MR) is 127 cm³/mol. The molecule has 2 aromatic heterocycles. The molecule has 10 nitrogen and oxygen atoms in total. The summed E-state index contributed by atoms with van der Waals surface area (Å²) in [6.45, 7) is 3.40. The molecule has 0 radical (unpaired) electrons. The first-order valence-corrected chi connectivity index (χ1v) is 10.9. The number of aromatic amines is 1. The van der Waals surface area contributed by atoms with Crippen molar-refractivity contribution in [3.63, 3.8) is 0 Å². The Bertz CT molecular complexity index is 1540. The lowest BCUT2D eigenvalue weighted by atomic mass is 10.1. The molecule has 0 bridgehead atoms. The SMILES string of the molecule is Cc1cc(CNC(=O)c2cc(C(=O)N[C@H](C)c3ccc(C(=O)O)cc3)nc3c[nH]c(=O)n23)ccc1F. The number of benzene rings is 2. The number of aromatic nitrogens is 3. The fourth-order valence-electron chi connectivity index (χ4n) is 3.67. The maximum atomic E-state index is 13.5. The molecule has 184 valence electrons. The summed E-state index contributed by atoms with van der Waals surface area (Å²) < 4.78 is 14.6. The van der Waals surface area contributed by atoms with Gasteiger partial charge in [-0.3, -0.25) is 9.59 Å². The van der Waals surface area contributed by atoms with Crippen LogP contribution >= 0.6 is 0 Å². The number of carbonyl (C=O) groups excluding carboxylic acids is 2. The van der Waals surface area contributed by atoms with Crippen molar-refractivity contribution in [1.82, 2.24) is 25.0 Å². The molecule has 0 aliphatic carbocycles. The third kappa shape index (κ3) is 4.99. The van der Waals surface area contributed by atoms with Crippen LogP contribution in [0.2, 0.25) is 0 Å². The number of nitrogens with one attached hydrogen (secondary N) is 3. The van der Waals surface area contributed by atoms with Crippen molar-refractivity contribution in [3.05, 3.63) is 105 Å². The van der Waals surface area contributed by atoms with Gasteiger partial charge in [0.25, 0.3) is 11.8 Å². The van der Waals surface area contributed by atoms with Crippen molar-refractivity contribution in [2.45, 2.75) is 26.4 Å². The maximum absolute atomic E-state index is 13.5. The van der Waals surface area contributed by atoms with Gasteiger partial charge in [0, 0.05) is 12.7 Å². The zero-order valence-corrected chi connectivity index (χ0v) is 19.3. The number of rotatable bonds is 7. The monoisotopic (exact) mass is 491 g/mol. The minimum atomic E-state index is -1.06. The van der Waals surface area contributed by atoms with Crippen molar-refractivity contribution < 1.29 is 23.9 Å². The van der Waals surface area contributed by atoms with Crippen molar-refractivity contribution >= 4 is 23.4 Å². The summed E-state index contributed by atoms with van der Waals surface area (Å²) in [7, 11) is 0. The van der Waals surface area contributed by atoms with E-state index in [0.29, 0.717) is 16.7 Å². The lowest BCUT2D eigenvalue weighted by Gasteiger charge is -2.15. The Kier molecular flexibility index (Phi) is 6.64. The standard InChI is InChI=1S/C25H22FN5O5/c1-13-9-15(3-8-18(13)26)11-27-23(33)20-10-19(30-21-12-28-25(36)31(20)21)22(32)29-14(2)16-4-6-17(7-5-16)24(34)35/h3-10,12,14H,11H2,1-2H3,(H,27,33)(H,28,36)(H,29,32)(H,34,35)/t14-/m1/s1. The van der Waals surface area contributed by atoms with Crippen LogP contribution in [-0.2, 0) is 6.54 Å². The number of hydrogen-bond acceptors (Lipinski definition) is 5. The van der Waals surface area contributed by atoms with E-state index in [-0.39, 0.29) is 35.0 Å². The van der Waals surface area contributed by atoms with Gasteiger partial charge < -0.3 is 20.7 Å². The van der Waals surface area contributed by atoms with Crippen LogP contribution in [0.3, 0.4) is 0 Å². The van der Waals surface area contributed by atoms with E-state index in [1.807, 2.05) is 0 Å². The van der Waals surface area contributed by atoms with E-state index in [1.54, 1.807) is 32.0 Å². The Hall–Kier alpha value is -4.80. The number of fused-ring (bicyclic) bond motifs is 1. The molecule has 0 aliphatic rings. The second kappa shape index (κ2) is 9.82. The molecule has 36 heavy (non-hydrogen) atoms. The van der Waals surface area contributed by atoms with Crippen LogP contribution in [0.5, 0.6) is 0 Å². The largest absolute Gasteiger partial charge is 0.478 e. The van der Waals surface area contributed by atoms with E-state index in [1.165, 1.54) is 36.5 Å². The lowest BCUT2D eigenvalue weighted by Crippen LogP contribution is -2.31. The van der Waals surface area contributed by atoms with E-state index in [4.69, 9.17) is 5.11 Å². The summed E-state index contributed by atoms with van der Waals surface area (Å²) in [5.74, 6) is -2.64. The second-order valence-corrected chi connectivity index (χ2v) is 8.20. The normalized spacial score (nSPS) is 11.8. The minimum absolute atomic E-state index is 0.0772. The number of nitrogens with zero attached hydrogens (tertiary/aromatic N) is 2. The van der Waals surface area contributed by atoms with Crippen molar-refractivity contribution in [1.29, 1.82) is 0 Å². The number of hydrogen-bond donors (Lipinski definition) is 4. The summed E-state index contributed by atoms with van der Waals surface area (Å²) in [5, 5.41) is 14.5. The maximum Gasteiger partial charge on any atom is 0.335 e. The first-order chi connectivity index (χ1) is 17.1. The van der Waals surface area contributed by atoms with Gasteiger partial charge in [0.15, 0.2) is 5.65 Å². The summed E-state index contributed by atoms with van der Waals surface area (Å²) >= 11 is 0. The molecule has 0 fully saturated rings. The van der Waals surface area contributed by atoms with E-state index in [0.717, 1.165) is 4.40 Å². The fourth-order valence-corrected chi connectivity index (χ4v) is 3.67. The van der Waals surface area contributed by atoms with Crippen LogP contribution in [0.15, 0.2) is 59.5 Å². The van der Waals surface area contributed by atoms with Crippen LogP contribution in [-0.4, -0.2) is 37.3 Å². The van der Waals surface area contributed by atoms with Gasteiger partial charge in [-0.25, -0.2) is 23.4 Å². The van der Waals surface area contributed by atoms with Gasteiger partial charge in [-0.2, -0.15) is 0 Å². The lowest BCUT2D eigenvalue weighted by molar-refractivity contribution is 0.0696. The molecular weight excluding hydrogens is 469 g/mol. The molecule has 11 heteroatoms. The molecule has 0 unspecified atom stereocenters. The van der Waals surface area contributed by atoms with Gasteiger partial charge in [-0.15, -0.1) is 0 Å². The molecule has 4 N–H and O–H groups in total. The molecule has 4 aromatic rings. The number of amides is 2. The van der Waals surface area contributed by atoms with Crippen LogP contribution in [0, 0.1) is 12.7 Å². The number of carboxylic acid groups (broad SMARTS) is 1. The number of aryl methyl sites for hydroxylation is 1. The van der Waals surface area contributed by atoms with Crippen LogP contribution in [0.1, 0.15) is 61.0 Å². The molecule has 0 spiro atoms. The van der Waals surface area contributed by atoms with E-state index >= 15 is 0 Å². The molecule has 2 aromatic carbocycles. The summed E-state index contributed by atoms with van der Waals surface area (Å²) in [4.78, 5) is 55.9. The number of imidazole rings is 1. The Morgan fingerprint density at radius 3 is 2.50 bits per heavy atom. The van der Waals surface area contributed by atoms with Gasteiger partial charge in [0.1, 0.15) is 17.2 Å². The molecule has 0 aliphatic heterocycles. The number of aromatic carboxylic acids is 1. The Balaban J connectivity index is 1.57. The topological polar surface area (TPSA) is 146 Å². The van der Waals surface area contributed by atoms with E-state index in [9.17, 15) is 23.6 Å². The Morgan fingerprint density at radius 1 is 1.11 bits per heavy atom. The van der Waals surface area contributed by atoms with E-state index in [2.05, 4.69) is 20.6 Å². The quantitative estimate of drug-likeness (QED) is 0.313. The van der Waals surface area contributed by atoms with Crippen molar-refractivity contribution in [3.8, 4) is 0 Å². The summed E-state index contributed by atoms with van der Waals surface area (Å²) in [6, 6.07) is 11.2. The average Bonchev–Trinajstić information content (AvgIpc) is 3.24. The number of carboxylic acids is 1. The second-order valence-electron chi connectivity index (χ2n) is 8.20. The van der Waals surface area contributed by atoms with Crippen molar-refractivity contribution in [2.24, 2.45) is 0 Å². The average molecular weight is 491 g/mol. The molecule has 0 saturated carbocycles. The first-order valence-electron chi connectivity index (χ1n) is 10.9. The van der Waals surface area contributed by atoms with E-state index < -0.39 is 29.5 Å². The zero-order chi connectivity index (χ0) is 26.0. The predicted octanol–water partition coefficient (Wildman–Crippen LogP) is 2.59. The van der Waals surface area contributed by atoms with Gasteiger partial charge in [0.05, 0.1) is 11.6 Å². The van der Waals surface area contributed by atoms with Gasteiger partial charge in [-0.1, -0.05) is 24.3 Å². The highest BCUT2D eigenvalue weighted by Crippen LogP contribution is 2.15. The Morgan fingerprint density at radius 2 is 1.83 bits per heavy atom. The van der Waals surface area contributed by atoms with Crippen LogP contribution < -0.4 is 16.3 Å². The molecule has 1 atom stereocenters. The highest BCUT2D eigenvalue weighted by molar-refractivity contribution is 5.98. The smallest absolute Gasteiger partial charge is 0.335 e. The molecule has 0 saturated heterocycles. The molecule has 4 rings (SSSR count). The van der Waals surface area contributed by atoms with Gasteiger partial charge in [-0.05, 0) is 54.8 Å². The minimum Gasteiger partial charge on any atom is -0.478 e. The first kappa shape index (κ1) is 24.3.